The molecule has 7 nitrogen and oxygen atoms in total. The first-order valence-corrected chi connectivity index (χ1v) is 8.70. The highest BCUT2D eigenvalue weighted by Gasteiger charge is 2.28. The van der Waals surface area contributed by atoms with E-state index in [9.17, 15) is 20.0 Å². The van der Waals surface area contributed by atoms with E-state index < -0.39 is 10.5 Å². The van der Waals surface area contributed by atoms with E-state index in [2.05, 4.69) is 10.3 Å². The summed E-state index contributed by atoms with van der Waals surface area (Å²) in [6.45, 7) is 0.258. The number of nitrogens with one attached hydrogen (secondary N) is 2. The molecule has 0 atom stereocenters. The molecule has 7 heteroatoms. The lowest BCUT2D eigenvalue weighted by Gasteiger charge is -2.26. The first-order valence-electron chi connectivity index (χ1n) is 8.70. The van der Waals surface area contributed by atoms with Gasteiger partial charge in [0.25, 0.3) is 5.69 Å². The van der Waals surface area contributed by atoms with Gasteiger partial charge in [0.2, 0.25) is 5.91 Å². The fourth-order valence-corrected chi connectivity index (χ4v) is 3.49. The zero-order chi connectivity index (χ0) is 17.9. The van der Waals surface area contributed by atoms with Gasteiger partial charge in [0.05, 0.1) is 16.9 Å². The van der Waals surface area contributed by atoms with Crippen LogP contribution in [0.25, 0.3) is 10.9 Å². The first-order chi connectivity index (χ1) is 12.0. The van der Waals surface area contributed by atoms with Crippen LogP contribution in [0.4, 0.5) is 5.69 Å². The highest BCUT2D eigenvalue weighted by atomic mass is 16.6. The SMILES string of the molecule is O=C(Cc1c[nH]c2ccc([N+](=O)[O-])cc12)NCC1(O)CCCCCC1. The Morgan fingerprint density at radius 3 is 2.68 bits per heavy atom. The highest BCUT2D eigenvalue weighted by Crippen LogP contribution is 2.27. The molecule has 1 aromatic carbocycles. The summed E-state index contributed by atoms with van der Waals surface area (Å²) in [5.74, 6) is -0.190. The number of nitrogens with zero attached hydrogens (tertiary/aromatic N) is 1. The summed E-state index contributed by atoms with van der Waals surface area (Å²) in [6.07, 6.45) is 7.48. The zero-order valence-corrected chi connectivity index (χ0v) is 14.1. The largest absolute Gasteiger partial charge is 0.388 e. The number of carbonyl (C=O) groups is 1. The van der Waals surface area contributed by atoms with Gasteiger partial charge in [-0.25, -0.2) is 0 Å². The molecule has 1 heterocycles. The maximum atomic E-state index is 12.3. The van der Waals surface area contributed by atoms with Gasteiger partial charge in [0.15, 0.2) is 0 Å². The van der Waals surface area contributed by atoms with Gasteiger partial charge >= 0.3 is 0 Å². The van der Waals surface area contributed by atoms with Crippen LogP contribution in [0, 0.1) is 10.1 Å². The summed E-state index contributed by atoms with van der Waals surface area (Å²) in [5.41, 5.74) is 0.659. The smallest absolute Gasteiger partial charge is 0.270 e. The van der Waals surface area contributed by atoms with E-state index in [1.165, 1.54) is 12.1 Å². The lowest BCUT2D eigenvalue weighted by atomic mass is 9.94. The number of benzene rings is 1. The van der Waals surface area contributed by atoms with Gasteiger partial charge in [-0.1, -0.05) is 25.7 Å². The Labute approximate surface area is 145 Å². The van der Waals surface area contributed by atoms with Gasteiger partial charge in [0.1, 0.15) is 0 Å². The number of amides is 1. The van der Waals surface area contributed by atoms with Gasteiger partial charge in [-0.3, -0.25) is 14.9 Å². The topological polar surface area (TPSA) is 108 Å². The van der Waals surface area contributed by atoms with Crippen LogP contribution in [-0.4, -0.2) is 33.1 Å². The molecule has 1 aliphatic rings. The number of H-pyrrole nitrogens is 1. The van der Waals surface area contributed by atoms with Crippen LogP contribution in [0.5, 0.6) is 0 Å². The van der Waals surface area contributed by atoms with Crippen molar-refractivity contribution in [3.8, 4) is 0 Å². The number of carbonyl (C=O) groups excluding carboxylic acids is 1. The minimum absolute atomic E-state index is 0.00141. The van der Waals surface area contributed by atoms with Crippen molar-refractivity contribution >= 4 is 22.5 Å². The van der Waals surface area contributed by atoms with Crippen LogP contribution in [0.2, 0.25) is 0 Å². The van der Waals surface area contributed by atoms with Gasteiger partial charge < -0.3 is 15.4 Å². The van der Waals surface area contributed by atoms with Gasteiger partial charge in [-0.15, -0.1) is 0 Å². The molecule has 0 radical (unpaired) electrons. The predicted octanol–water partition coefficient (Wildman–Crippen LogP) is 2.82. The molecule has 3 rings (SSSR count). The Balaban J connectivity index is 1.65. The van der Waals surface area contributed by atoms with E-state index in [1.54, 1.807) is 12.3 Å². The molecule has 1 fully saturated rings. The molecule has 25 heavy (non-hydrogen) atoms. The number of nitro groups is 1. The van der Waals surface area contributed by atoms with E-state index in [-0.39, 0.29) is 24.6 Å². The first kappa shape index (κ1) is 17.4. The summed E-state index contributed by atoms with van der Waals surface area (Å²) < 4.78 is 0. The number of fused-ring (bicyclic) bond motifs is 1. The normalized spacial score (nSPS) is 17.2. The van der Waals surface area contributed by atoms with Crippen molar-refractivity contribution in [2.24, 2.45) is 0 Å². The lowest BCUT2D eigenvalue weighted by Crippen LogP contribution is -2.43. The van der Waals surface area contributed by atoms with E-state index in [0.29, 0.717) is 23.8 Å². The summed E-state index contributed by atoms with van der Waals surface area (Å²) in [6, 6.07) is 4.56. The molecular formula is C18H23N3O4. The van der Waals surface area contributed by atoms with Crippen molar-refractivity contribution in [3.63, 3.8) is 0 Å². The molecule has 0 unspecified atom stereocenters. The standard InChI is InChI=1S/C18H23N3O4/c22-17(20-12-18(23)7-3-1-2-4-8-18)9-13-11-19-16-6-5-14(21(24)25)10-15(13)16/h5-6,10-11,19,23H,1-4,7-9,12H2,(H,20,22). The number of hydrogen-bond donors (Lipinski definition) is 3. The van der Waals surface area contributed by atoms with Crippen molar-refractivity contribution in [2.75, 3.05) is 6.54 Å². The van der Waals surface area contributed by atoms with Crippen LogP contribution in [0.3, 0.4) is 0 Å². The molecule has 0 bridgehead atoms. The van der Waals surface area contributed by atoms with Crippen LogP contribution in [0.1, 0.15) is 44.1 Å². The second-order valence-corrected chi connectivity index (χ2v) is 6.89. The zero-order valence-electron chi connectivity index (χ0n) is 14.1. The predicted molar refractivity (Wildman–Crippen MR) is 94.3 cm³/mol. The van der Waals surface area contributed by atoms with E-state index in [4.69, 9.17) is 0 Å². The molecule has 0 saturated heterocycles. The molecule has 0 spiro atoms. The quantitative estimate of drug-likeness (QED) is 0.440. The fourth-order valence-electron chi connectivity index (χ4n) is 3.49. The summed E-state index contributed by atoms with van der Waals surface area (Å²) in [5, 5.41) is 25.0. The van der Waals surface area contributed by atoms with E-state index in [0.717, 1.165) is 31.2 Å². The number of aromatic nitrogens is 1. The highest BCUT2D eigenvalue weighted by molar-refractivity contribution is 5.90. The van der Waals surface area contributed by atoms with Gasteiger partial charge in [-0.2, -0.15) is 0 Å². The Hall–Kier alpha value is -2.41. The number of nitro benzene ring substituents is 1. The number of aromatic amines is 1. The Bertz CT molecular complexity index is 776. The van der Waals surface area contributed by atoms with Crippen molar-refractivity contribution in [1.82, 2.24) is 10.3 Å². The molecule has 1 aromatic heterocycles. The van der Waals surface area contributed by atoms with Crippen LogP contribution >= 0.6 is 0 Å². The minimum Gasteiger partial charge on any atom is -0.388 e. The number of non-ortho nitro benzene ring substituents is 1. The van der Waals surface area contributed by atoms with Crippen molar-refractivity contribution in [1.29, 1.82) is 0 Å². The van der Waals surface area contributed by atoms with Crippen molar-refractivity contribution < 1.29 is 14.8 Å². The third kappa shape index (κ3) is 4.17. The van der Waals surface area contributed by atoms with Crippen LogP contribution < -0.4 is 5.32 Å². The monoisotopic (exact) mass is 345 g/mol. The summed E-state index contributed by atoms with van der Waals surface area (Å²) in [4.78, 5) is 25.8. The third-order valence-electron chi connectivity index (χ3n) is 4.96. The maximum absolute atomic E-state index is 12.3. The Morgan fingerprint density at radius 1 is 1.28 bits per heavy atom. The average Bonchev–Trinajstić information content (AvgIpc) is 2.85. The molecule has 0 aliphatic heterocycles. The summed E-state index contributed by atoms with van der Waals surface area (Å²) >= 11 is 0. The molecule has 1 aliphatic carbocycles. The average molecular weight is 345 g/mol. The number of hydrogen-bond acceptors (Lipinski definition) is 4. The number of aliphatic hydroxyl groups is 1. The maximum Gasteiger partial charge on any atom is 0.270 e. The van der Waals surface area contributed by atoms with E-state index in [1.807, 2.05) is 0 Å². The Kier molecular flexibility index (Phi) is 5.03. The lowest BCUT2D eigenvalue weighted by molar-refractivity contribution is -0.384. The summed E-state index contributed by atoms with van der Waals surface area (Å²) in [7, 11) is 0. The molecule has 1 saturated carbocycles. The van der Waals surface area contributed by atoms with Gasteiger partial charge in [0, 0.05) is 35.8 Å². The third-order valence-corrected chi connectivity index (χ3v) is 4.96. The molecular weight excluding hydrogens is 322 g/mol. The molecule has 3 N–H and O–H groups in total. The molecule has 2 aromatic rings. The van der Waals surface area contributed by atoms with Gasteiger partial charge in [-0.05, 0) is 24.5 Å². The second kappa shape index (κ2) is 7.23. The second-order valence-electron chi connectivity index (χ2n) is 6.89. The molecule has 1 amide bonds. The Morgan fingerprint density at radius 2 is 2.00 bits per heavy atom. The molecule has 134 valence electrons. The van der Waals surface area contributed by atoms with Crippen molar-refractivity contribution in [2.45, 2.75) is 50.5 Å². The van der Waals surface area contributed by atoms with E-state index >= 15 is 0 Å². The van der Waals surface area contributed by atoms with Crippen LogP contribution in [-0.2, 0) is 11.2 Å². The van der Waals surface area contributed by atoms with Crippen molar-refractivity contribution in [3.05, 3.63) is 40.1 Å². The number of rotatable bonds is 5. The minimum atomic E-state index is -0.814. The van der Waals surface area contributed by atoms with Crippen LogP contribution in [0.15, 0.2) is 24.4 Å². The fraction of sp³-hybridized carbons (Fsp3) is 0.500.